The molecular weight excluding hydrogens is 458 g/mol. The number of aryl methyl sites for hydroxylation is 1. The molecule has 0 saturated carbocycles. The summed E-state index contributed by atoms with van der Waals surface area (Å²) in [7, 11) is -4.63. The Morgan fingerprint density at radius 3 is 2.28 bits per heavy atom. The molecule has 0 radical (unpaired) electrons. The van der Waals surface area contributed by atoms with Gasteiger partial charge in [0.25, 0.3) is 5.91 Å². The quantitative estimate of drug-likeness (QED) is 0.482. The van der Waals surface area contributed by atoms with E-state index in [-0.39, 0.29) is 28.4 Å². The van der Waals surface area contributed by atoms with Crippen LogP contribution in [0.4, 0.5) is 5.69 Å². The molecule has 174 valence electrons. The molecule has 10 nitrogen and oxygen atoms in total. The van der Waals surface area contributed by atoms with Gasteiger partial charge >= 0.3 is 5.97 Å². The van der Waals surface area contributed by atoms with Gasteiger partial charge < -0.3 is 10.1 Å². The van der Waals surface area contributed by atoms with Crippen molar-refractivity contribution in [2.45, 2.75) is 23.1 Å². The predicted molar refractivity (Wildman–Crippen MR) is 118 cm³/mol. The third-order valence-electron chi connectivity index (χ3n) is 4.27. The summed E-state index contributed by atoms with van der Waals surface area (Å²) in [5.74, 6) is -1.43. The van der Waals surface area contributed by atoms with Gasteiger partial charge in [0.2, 0.25) is 20.0 Å². The molecule has 32 heavy (non-hydrogen) atoms. The second kappa shape index (κ2) is 10.7. The van der Waals surface area contributed by atoms with Crippen LogP contribution in [-0.2, 0) is 34.4 Å². The van der Waals surface area contributed by atoms with E-state index < -0.39 is 38.5 Å². The number of benzene rings is 2. The SMILES string of the molecule is Cc1ccc(NC(=O)COC(=O)CCNS(=O)(=O)c2ccccc2)cc1S(=O)(=O)N(C)C. The number of ether oxygens (including phenoxy) is 1. The Bertz CT molecular complexity index is 1180. The minimum atomic E-state index is -3.74. The molecule has 2 aromatic carbocycles. The molecule has 1 amide bonds. The molecule has 0 aliphatic heterocycles. The normalized spacial score (nSPS) is 11.9. The van der Waals surface area contributed by atoms with Gasteiger partial charge in [-0.1, -0.05) is 24.3 Å². The molecule has 12 heteroatoms. The van der Waals surface area contributed by atoms with Crippen LogP contribution in [0.3, 0.4) is 0 Å². The molecule has 0 aliphatic carbocycles. The van der Waals surface area contributed by atoms with Gasteiger partial charge in [0.1, 0.15) is 0 Å². The Hall–Kier alpha value is -2.80. The lowest BCUT2D eigenvalue weighted by Gasteiger charge is -2.15. The molecular formula is C20H25N3O7S2. The van der Waals surface area contributed by atoms with Crippen LogP contribution in [0.15, 0.2) is 58.3 Å². The first-order valence-corrected chi connectivity index (χ1v) is 12.4. The van der Waals surface area contributed by atoms with E-state index in [0.717, 1.165) is 4.31 Å². The van der Waals surface area contributed by atoms with E-state index in [9.17, 15) is 26.4 Å². The Labute approximate surface area is 187 Å². The number of anilines is 1. The monoisotopic (exact) mass is 483 g/mol. The predicted octanol–water partition coefficient (Wildman–Crippen LogP) is 1.10. The van der Waals surface area contributed by atoms with Gasteiger partial charge in [-0.05, 0) is 36.8 Å². The van der Waals surface area contributed by atoms with Crippen molar-refractivity contribution in [2.24, 2.45) is 0 Å². The van der Waals surface area contributed by atoms with E-state index in [1.54, 1.807) is 31.2 Å². The van der Waals surface area contributed by atoms with Crippen molar-refractivity contribution in [2.75, 3.05) is 32.6 Å². The molecule has 0 saturated heterocycles. The summed E-state index contributed by atoms with van der Waals surface area (Å²) < 4.78 is 57.1. The average molecular weight is 484 g/mol. The standard InChI is InChI=1S/C20H25N3O7S2/c1-15-9-10-16(13-18(15)32(28,29)23(2)3)22-19(24)14-30-20(25)11-12-21-31(26,27)17-7-5-4-6-8-17/h4-10,13,21H,11-12,14H2,1-3H3,(H,22,24). The zero-order valence-electron chi connectivity index (χ0n) is 17.9. The summed E-state index contributed by atoms with van der Waals surface area (Å²) >= 11 is 0. The van der Waals surface area contributed by atoms with Crippen LogP contribution in [0, 0.1) is 6.92 Å². The van der Waals surface area contributed by atoms with Gasteiger partial charge in [0.15, 0.2) is 6.61 Å². The lowest BCUT2D eigenvalue weighted by Crippen LogP contribution is -2.28. The third-order valence-corrected chi connectivity index (χ3v) is 7.70. The minimum Gasteiger partial charge on any atom is -0.456 e. The molecule has 0 heterocycles. The first-order chi connectivity index (χ1) is 14.9. The van der Waals surface area contributed by atoms with Crippen LogP contribution >= 0.6 is 0 Å². The van der Waals surface area contributed by atoms with Crippen molar-refractivity contribution in [1.82, 2.24) is 9.03 Å². The summed E-state index contributed by atoms with van der Waals surface area (Å²) in [5.41, 5.74) is 0.744. The van der Waals surface area contributed by atoms with E-state index in [4.69, 9.17) is 4.74 Å². The number of nitrogens with one attached hydrogen (secondary N) is 2. The molecule has 0 unspecified atom stereocenters. The van der Waals surface area contributed by atoms with Crippen LogP contribution < -0.4 is 10.0 Å². The van der Waals surface area contributed by atoms with E-state index in [0.29, 0.717) is 5.56 Å². The van der Waals surface area contributed by atoms with Crippen molar-refractivity contribution in [3.8, 4) is 0 Å². The number of nitrogens with zero attached hydrogens (tertiary/aromatic N) is 1. The molecule has 0 bridgehead atoms. The maximum Gasteiger partial charge on any atom is 0.307 e. The van der Waals surface area contributed by atoms with Crippen molar-refractivity contribution in [3.05, 3.63) is 54.1 Å². The zero-order valence-corrected chi connectivity index (χ0v) is 19.5. The Kier molecular flexibility index (Phi) is 8.50. The van der Waals surface area contributed by atoms with Gasteiger partial charge in [-0.2, -0.15) is 0 Å². The summed E-state index contributed by atoms with van der Waals surface area (Å²) in [6.45, 7) is 0.838. The highest BCUT2D eigenvalue weighted by atomic mass is 32.2. The first-order valence-electron chi connectivity index (χ1n) is 9.47. The summed E-state index contributed by atoms with van der Waals surface area (Å²) in [6, 6.07) is 12.1. The number of esters is 1. The molecule has 2 rings (SSSR count). The number of rotatable bonds is 10. The van der Waals surface area contributed by atoms with Crippen LogP contribution in [0.5, 0.6) is 0 Å². The number of hydrogen-bond donors (Lipinski definition) is 2. The number of carbonyl (C=O) groups is 2. The molecule has 2 N–H and O–H groups in total. The summed E-state index contributed by atoms with van der Waals surface area (Å²) in [6.07, 6.45) is -0.269. The first kappa shape index (κ1) is 25.5. The van der Waals surface area contributed by atoms with Gasteiger partial charge in [-0.3, -0.25) is 9.59 Å². The fourth-order valence-electron chi connectivity index (χ4n) is 2.54. The molecule has 0 aromatic heterocycles. The molecule has 0 aliphatic rings. The van der Waals surface area contributed by atoms with Crippen LogP contribution in [0.2, 0.25) is 0 Å². The average Bonchev–Trinajstić information content (AvgIpc) is 2.74. The van der Waals surface area contributed by atoms with Gasteiger partial charge in [0, 0.05) is 26.3 Å². The number of sulfonamides is 2. The summed E-state index contributed by atoms with van der Waals surface area (Å²) in [4.78, 5) is 24.0. The van der Waals surface area contributed by atoms with Crippen molar-refractivity contribution in [1.29, 1.82) is 0 Å². The third kappa shape index (κ3) is 6.85. The number of amides is 1. The topological polar surface area (TPSA) is 139 Å². The van der Waals surface area contributed by atoms with E-state index in [1.807, 2.05) is 0 Å². The second-order valence-electron chi connectivity index (χ2n) is 6.94. The smallest absolute Gasteiger partial charge is 0.307 e. The number of hydrogen-bond acceptors (Lipinski definition) is 7. The number of carbonyl (C=O) groups excluding carboxylic acids is 2. The van der Waals surface area contributed by atoms with E-state index >= 15 is 0 Å². The fraction of sp³-hybridized carbons (Fsp3) is 0.300. The van der Waals surface area contributed by atoms with Gasteiger partial charge in [-0.15, -0.1) is 0 Å². The van der Waals surface area contributed by atoms with Crippen molar-refractivity contribution in [3.63, 3.8) is 0 Å². The Balaban J connectivity index is 1.85. The van der Waals surface area contributed by atoms with Crippen LogP contribution in [0.25, 0.3) is 0 Å². The largest absolute Gasteiger partial charge is 0.456 e. The highest BCUT2D eigenvalue weighted by Gasteiger charge is 2.20. The van der Waals surface area contributed by atoms with Crippen molar-refractivity contribution >= 4 is 37.6 Å². The highest BCUT2D eigenvalue weighted by molar-refractivity contribution is 7.89. The van der Waals surface area contributed by atoms with Crippen LogP contribution in [0.1, 0.15) is 12.0 Å². The maximum atomic E-state index is 12.4. The zero-order chi connectivity index (χ0) is 23.9. The van der Waals surface area contributed by atoms with E-state index in [2.05, 4.69) is 10.0 Å². The fourth-order valence-corrected chi connectivity index (χ4v) is 4.74. The molecule has 0 atom stereocenters. The van der Waals surface area contributed by atoms with E-state index in [1.165, 1.54) is 38.4 Å². The van der Waals surface area contributed by atoms with Crippen LogP contribution in [-0.4, -0.2) is 60.3 Å². The maximum absolute atomic E-state index is 12.4. The molecule has 0 spiro atoms. The lowest BCUT2D eigenvalue weighted by molar-refractivity contribution is -0.147. The summed E-state index contributed by atoms with van der Waals surface area (Å²) in [5, 5.41) is 2.47. The van der Waals surface area contributed by atoms with Crippen molar-refractivity contribution < 1.29 is 31.2 Å². The Morgan fingerprint density at radius 1 is 1.00 bits per heavy atom. The molecule has 2 aromatic rings. The lowest BCUT2D eigenvalue weighted by atomic mass is 10.2. The molecule has 0 fully saturated rings. The Morgan fingerprint density at radius 2 is 1.66 bits per heavy atom. The van der Waals surface area contributed by atoms with Gasteiger partial charge in [-0.25, -0.2) is 25.9 Å². The minimum absolute atomic E-state index is 0.0444. The highest BCUT2D eigenvalue weighted by Crippen LogP contribution is 2.22. The second-order valence-corrected chi connectivity index (χ2v) is 10.8. The van der Waals surface area contributed by atoms with Gasteiger partial charge in [0.05, 0.1) is 16.2 Å².